The van der Waals surface area contributed by atoms with Crippen molar-refractivity contribution in [3.8, 4) is 0 Å². The van der Waals surface area contributed by atoms with Crippen LogP contribution in [0.3, 0.4) is 0 Å². The average Bonchev–Trinajstić information content (AvgIpc) is 2.79. The predicted molar refractivity (Wildman–Crippen MR) is 131 cm³/mol. The van der Waals surface area contributed by atoms with Crippen molar-refractivity contribution in [1.82, 2.24) is 4.90 Å². The molecule has 1 unspecified atom stereocenters. The van der Waals surface area contributed by atoms with Gasteiger partial charge in [0.1, 0.15) is 0 Å². The van der Waals surface area contributed by atoms with Gasteiger partial charge in [-0.1, -0.05) is 32.9 Å². The number of carboxylic acid groups (broad SMARTS) is 1. The molecule has 0 aliphatic carbocycles. The molecule has 2 aromatic carbocycles. The van der Waals surface area contributed by atoms with E-state index in [2.05, 4.69) is 31.4 Å². The first kappa shape index (κ1) is 24.8. The SMILES string of the molecule is CC(C)(C)c1ccc(C(=O)Nc2cc(C(=O)O)ccc2NC(=O)C2CCCN(C(=N)N)C2)cc1. The molecule has 0 radical (unpaired) electrons. The third-order valence-corrected chi connectivity index (χ3v) is 5.92. The molecule has 9 nitrogen and oxygen atoms in total. The molecule has 2 amide bonds. The summed E-state index contributed by atoms with van der Waals surface area (Å²) in [5.41, 5.74) is 7.48. The van der Waals surface area contributed by atoms with Crippen molar-refractivity contribution < 1.29 is 19.5 Å². The molecular weight excluding hydrogens is 434 g/mol. The van der Waals surface area contributed by atoms with Gasteiger partial charge < -0.3 is 26.4 Å². The highest BCUT2D eigenvalue weighted by atomic mass is 16.4. The number of carbonyl (C=O) groups is 3. The van der Waals surface area contributed by atoms with E-state index in [0.717, 1.165) is 12.0 Å². The Kier molecular flexibility index (Phi) is 7.24. The normalized spacial score (nSPS) is 16.0. The molecule has 1 aliphatic rings. The summed E-state index contributed by atoms with van der Waals surface area (Å²) in [6.45, 7) is 7.20. The van der Waals surface area contributed by atoms with Crippen molar-refractivity contribution in [1.29, 1.82) is 5.41 Å². The Morgan fingerprint density at radius 1 is 1.03 bits per heavy atom. The summed E-state index contributed by atoms with van der Waals surface area (Å²) < 4.78 is 0. The van der Waals surface area contributed by atoms with Crippen molar-refractivity contribution in [2.24, 2.45) is 11.7 Å². The average molecular weight is 466 g/mol. The molecule has 180 valence electrons. The van der Waals surface area contributed by atoms with Gasteiger partial charge in [0.2, 0.25) is 5.91 Å². The van der Waals surface area contributed by atoms with Crippen LogP contribution < -0.4 is 16.4 Å². The standard InChI is InChI=1S/C25H31N5O4/c1-25(2,3)18-9-6-15(7-10-18)21(31)29-20-13-16(23(33)34)8-11-19(20)28-22(32)17-5-4-12-30(14-17)24(26)27/h6-11,13,17H,4-5,12,14H2,1-3H3,(H3,26,27)(H,28,32)(H,29,31)(H,33,34). The lowest BCUT2D eigenvalue weighted by atomic mass is 9.87. The number of guanidine groups is 1. The molecule has 2 aromatic rings. The van der Waals surface area contributed by atoms with Crippen LogP contribution in [0.25, 0.3) is 0 Å². The van der Waals surface area contributed by atoms with Crippen LogP contribution in [0.15, 0.2) is 42.5 Å². The minimum Gasteiger partial charge on any atom is -0.478 e. The van der Waals surface area contributed by atoms with E-state index < -0.39 is 11.9 Å². The molecule has 1 heterocycles. The van der Waals surface area contributed by atoms with Crippen LogP contribution in [0, 0.1) is 11.3 Å². The van der Waals surface area contributed by atoms with E-state index in [1.54, 1.807) is 17.0 Å². The molecule has 1 aliphatic heterocycles. The highest BCUT2D eigenvalue weighted by molar-refractivity contribution is 6.08. The van der Waals surface area contributed by atoms with E-state index in [1.165, 1.54) is 18.2 Å². The van der Waals surface area contributed by atoms with E-state index in [-0.39, 0.29) is 34.5 Å². The van der Waals surface area contributed by atoms with Crippen LogP contribution in [0.5, 0.6) is 0 Å². The fourth-order valence-electron chi connectivity index (χ4n) is 3.85. The Balaban J connectivity index is 1.81. The lowest BCUT2D eigenvalue weighted by Gasteiger charge is -2.32. The van der Waals surface area contributed by atoms with Crippen molar-refractivity contribution in [3.63, 3.8) is 0 Å². The topological polar surface area (TPSA) is 149 Å². The summed E-state index contributed by atoms with van der Waals surface area (Å²) >= 11 is 0. The summed E-state index contributed by atoms with van der Waals surface area (Å²) in [6, 6.07) is 11.4. The number of nitrogens with zero attached hydrogens (tertiary/aromatic N) is 1. The lowest BCUT2D eigenvalue weighted by molar-refractivity contribution is -0.121. The van der Waals surface area contributed by atoms with Gasteiger partial charge in [0.05, 0.1) is 22.9 Å². The second kappa shape index (κ2) is 9.94. The van der Waals surface area contributed by atoms with Gasteiger partial charge in [-0.15, -0.1) is 0 Å². The van der Waals surface area contributed by atoms with Gasteiger partial charge in [0.15, 0.2) is 5.96 Å². The zero-order chi connectivity index (χ0) is 25.0. The molecular formula is C25H31N5O4. The minimum absolute atomic E-state index is 0.0169. The summed E-state index contributed by atoms with van der Waals surface area (Å²) in [5.74, 6) is -2.30. The van der Waals surface area contributed by atoms with E-state index in [0.29, 0.717) is 30.8 Å². The maximum atomic E-state index is 12.9. The maximum absolute atomic E-state index is 12.9. The van der Waals surface area contributed by atoms with Crippen LogP contribution in [-0.2, 0) is 10.2 Å². The summed E-state index contributed by atoms with van der Waals surface area (Å²) in [7, 11) is 0. The van der Waals surface area contributed by atoms with Crippen molar-refractivity contribution in [2.45, 2.75) is 39.0 Å². The first-order chi connectivity index (χ1) is 16.0. The molecule has 1 saturated heterocycles. The van der Waals surface area contributed by atoms with Crippen LogP contribution >= 0.6 is 0 Å². The Morgan fingerprint density at radius 3 is 2.26 bits per heavy atom. The van der Waals surface area contributed by atoms with Crippen molar-refractivity contribution >= 4 is 35.1 Å². The van der Waals surface area contributed by atoms with Gasteiger partial charge in [-0.2, -0.15) is 0 Å². The smallest absolute Gasteiger partial charge is 0.335 e. The Bertz CT molecular complexity index is 1110. The van der Waals surface area contributed by atoms with Crippen molar-refractivity contribution in [3.05, 3.63) is 59.2 Å². The molecule has 34 heavy (non-hydrogen) atoms. The van der Waals surface area contributed by atoms with Gasteiger partial charge >= 0.3 is 5.97 Å². The van der Waals surface area contributed by atoms with Gasteiger partial charge in [-0.25, -0.2) is 4.79 Å². The largest absolute Gasteiger partial charge is 0.478 e. The zero-order valence-electron chi connectivity index (χ0n) is 19.6. The van der Waals surface area contributed by atoms with Crippen LogP contribution in [0.4, 0.5) is 11.4 Å². The van der Waals surface area contributed by atoms with Gasteiger partial charge in [0.25, 0.3) is 5.91 Å². The Labute approximate surface area is 198 Å². The quantitative estimate of drug-likeness (QED) is 0.337. The van der Waals surface area contributed by atoms with Crippen molar-refractivity contribution in [2.75, 3.05) is 23.7 Å². The number of hydrogen-bond acceptors (Lipinski definition) is 4. The van der Waals surface area contributed by atoms with Gasteiger partial charge in [0, 0.05) is 18.7 Å². The fourth-order valence-corrected chi connectivity index (χ4v) is 3.85. The number of rotatable bonds is 5. The first-order valence-corrected chi connectivity index (χ1v) is 11.1. The van der Waals surface area contributed by atoms with E-state index in [9.17, 15) is 19.5 Å². The number of carbonyl (C=O) groups excluding carboxylic acids is 2. The first-order valence-electron chi connectivity index (χ1n) is 11.1. The number of piperidine rings is 1. The third kappa shape index (κ3) is 5.92. The van der Waals surface area contributed by atoms with E-state index in [4.69, 9.17) is 11.1 Å². The number of amides is 2. The summed E-state index contributed by atoms with van der Waals surface area (Å²) in [5, 5.41) is 22.5. The number of anilines is 2. The number of nitrogens with two attached hydrogens (primary N) is 1. The number of hydrogen-bond donors (Lipinski definition) is 5. The highest BCUT2D eigenvalue weighted by Gasteiger charge is 2.27. The fraction of sp³-hybridized carbons (Fsp3) is 0.360. The number of nitrogens with one attached hydrogen (secondary N) is 3. The molecule has 1 fully saturated rings. The molecule has 0 aromatic heterocycles. The highest BCUT2D eigenvalue weighted by Crippen LogP contribution is 2.27. The maximum Gasteiger partial charge on any atom is 0.335 e. The third-order valence-electron chi connectivity index (χ3n) is 5.92. The van der Waals surface area contributed by atoms with Gasteiger partial charge in [-0.3, -0.25) is 15.0 Å². The van der Waals surface area contributed by atoms with Crippen LogP contribution in [0.2, 0.25) is 0 Å². The van der Waals surface area contributed by atoms with Crippen LogP contribution in [-0.4, -0.2) is 46.8 Å². The molecule has 1 atom stereocenters. The number of benzene rings is 2. The summed E-state index contributed by atoms with van der Waals surface area (Å²) in [4.78, 5) is 38.9. The zero-order valence-corrected chi connectivity index (χ0v) is 19.6. The second-order valence-electron chi connectivity index (χ2n) is 9.51. The molecule has 9 heteroatoms. The molecule has 0 bridgehead atoms. The van der Waals surface area contributed by atoms with E-state index >= 15 is 0 Å². The van der Waals surface area contributed by atoms with Crippen LogP contribution in [0.1, 0.15) is 59.9 Å². The molecule has 0 spiro atoms. The Morgan fingerprint density at radius 2 is 1.68 bits per heavy atom. The minimum atomic E-state index is -1.15. The summed E-state index contributed by atoms with van der Waals surface area (Å²) in [6.07, 6.45) is 1.37. The number of aromatic carboxylic acids is 1. The predicted octanol–water partition coefficient (Wildman–Crippen LogP) is 3.48. The molecule has 6 N–H and O–H groups in total. The molecule has 0 saturated carbocycles. The molecule has 3 rings (SSSR count). The van der Waals surface area contributed by atoms with Gasteiger partial charge in [-0.05, 0) is 54.2 Å². The second-order valence-corrected chi connectivity index (χ2v) is 9.51. The monoisotopic (exact) mass is 465 g/mol. The Hall–Kier alpha value is -3.88. The van der Waals surface area contributed by atoms with E-state index in [1.807, 2.05) is 12.1 Å². The number of carboxylic acids is 1. The number of likely N-dealkylation sites (tertiary alicyclic amines) is 1. The lowest BCUT2D eigenvalue weighted by Crippen LogP contribution is -2.46.